The number of nitrogens with one attached hydrogen (secondary N) is 1. The van der Waals surface area contributed by atoms with Gasteiger partial charge in [0.05, 0.1) is 0 Å². The van der Waals surface area contributed by atoms with E-state index in [2.05, 4.69) is 50.2 Å². The fourth-order valence-corrected chi connectivity index (χ4v) is 3.16. The highest BCUT2D eigenvalue weighted by Gasteiger charge is 2.19. The van der Waals surface area contributed by atoms with Gasteiger partial charge in [-0.3, -0.25) is 0 Å². The maximum atomic E-state index is 4.75. The zero-order valence-corrected chi connectivity index (χ0v) is 14.2. The molecule has 1 aromatic rings. The lowest BCUT2D eigenvalue weighted by molar-refractivity contribution is 0.426. The van der Waals surface area contributed by atoms with Crippen molar-refractivity contribution in [2.75, 3.05) is 18.5 Å². The maximum absolute atomic E-state index is 4.75. The third-order valence-corrected chi connectivity index (χ3v) is 4.37. The number of aromatic nitrogens is 1. The SMILES string of the molecule is Cc1cc(CNCC(C)C)cc(N(C)C2CCCCC2)n1. The van der Waals surface area contributed by atoms with Gasteiger partial charge in [0.15, 0.2) is 0 Å². The molecule has 1 N–H and O–H groups in total. The second-order valence-electron chi connectivity index (χ2n) is 6.90. The third kappa shape index (κ3) is 4.99. The Kier molecular flexibility index (Phi) is 6.04. The summed E-state index contributed by atoms with van der Waals surface area (Å²) >= 11 is 0. The van der Waals surface area contributed by atoms with E-state index >= 15 is 0 Å². The van der Waals surface area contributed by atoms with E-state index in [1.165, 1.54) is 37.7 Å². The number of pyridine rings is 1. The van der Waals surface area contributed by atoms with Gasteiger partial charge in [0.2, 0.25) is 0 Å². The number of aryl methyl sites for hydroxylation is 1. The first-order chi connectivity index (χ1) is 10.1. The minimum atomic E-state index is 0.671. The summed E-state index contributed by atoms with van der Waals surface area (Å²) < 4.78 is 0. The minimum absolute atomic E-state index is 0.671. The van der Waals surface area contributed by atoms with Gasteiger partial charge in [0.25, 0.3) is 0 Å². The molecule has 1 fully saturated rings. The zero-order chi connectivity index (χ0) is 15.2. The van der Waals surface area contributed by atoms with Crippen LogP contribution in [0.15, 0.2) is 12.1 Å². The van der Waals surface area contributed by atoms with E-state index in [-0.39, 0.29) is 0 Å². The molecular formula is C18H31N3. The van der Waals surface area contributed by atoms with E-state index < -0.39 is 0 Å². The molecule has 1 saturated carbocycles. The fourth-order valence-electron chi connectivity index (χ4n) is 3.16. The second-order valence-corrected chi connectivity index (χ2v) is 6.90. The molecule has 3 heteroatoms. The van der Waals surface area contributed by atoms with Crippen LogP contribution in [0.1, 0.15) is 57.2 Å². The summed E-state index contributed by atoms with van der Waals surface area (Å²) in [5, 5.41) is 3.53. The van der Waals surface area contributed by atoms with Crippen molar-refractivity contribution >= 4 is 5.82 Å². The van der Waals surface area contributed by atoms with E-state index in [0.717, 1.165) is 24.6 Å². The Morgan fingerprint density at radius 1 is 1.24 bits per heavy atom. The topological polar surface area (TPSA) is 28.2 Å². The quantitative estimate of drug-likeness (QED) is 0.860. The van der Waals surface area contributed by atoms with Crippen LogP contribution in [0.2, 0.25) is 0 Å². The molecule has 0 aromatic carbocycles. The first-order valence-corrected chi connectivity index (χ1v) is 8.47. The van der Waals surface area contributed by atoms with Gasteiger partial charge in [-0.25, -0.2) is 4.98 Å². The van der Waals surface area contributed by atoms with Crippen molar-refractivity contribution in [2.24, 2.45) is 5.92 Å². The van der Waals surface area contributed by atoms with Gasteiger partial charge < -0.3 is 10.2 Å². The molecule has 0 saturated heterocycles. The van der Waals surface area contributed by atoms with Gasteiger partial charge in [-0.2, -0.15) is 0 Å². The highest BCUT2D eigenvalue weighted by atomic mass is 15.2. The van der Waals surface area contributed by atoms with Crippen molar-refractivity contribution in [3.05, 3.63) is 23.4 Å². The lowest BCUT2D eigenvalue weighted by Gasteiger charge is -2.32. The maximum Gasteiger partial charge on any atom is 0.129 e. The monoisotopic (exact) mass is 289 g/mol. The van der Waals surface area contributed by atoms with Gasteiger partial charge in [0.1, 0.15) is 5.82 Å². The van der Waals surface area contributed by atoms with Gasteiger partial charge in [0, 0.05) is 25.3 Å². The van der Waals surface area contributed by atoms with Crippen molar-refractivity contribution in [1.29, 1.82) is 0 Å². The van der Waals surface area contributed by atoms with Crippen LogP contribution >= 0.6 is 0 Å². The van der Waals surface area contributed by atoms with Crippen LogP contribution in [0, 0.1) is 12.8 Å². The van der Waals surface area contributed by atoms with E-state index in [0.29, 0.717) is 12.0 Å². The molecule has 1 aliphatic carbocycles. The molecule has 1 aliphatic rings. The van der Waals surface area contributed by atoms with Gasteiger partial charge in [-0.1, -0.05) is 33.1 Å². The second kappa shape index (κ2) is 7.79. The molecule has 0 radical (unpaired) electrons. The lowest BCUT2D eigenvalue weighted by atomic mass is 9.94. The average Bonchev–Trinajstić information content (AvgIpc) is 2.46. The number of nitrogens with zero attached hydrogens (tertiary/aromatic N) is 2. The zero-order valence-electron chi connectivity index (χ0n) is 14.2. The summed E-state index contributed by atoms with van der Waals surface area (Å²) in [6, 6.07) is 5.13. The molecule has 21 heavy (non-hydrogen) atoms. The number of rotatable bonds is 6. The highest BCUT2D eigenvalue weighted by Crippen LogP contribution is 2.25. The average molecular weight is 289 g/mol. The summed E-state index contributed by atoms with van der Waals surface area (Å²) in [6.45, 7) is 8.59. The molecule has 0 unspecified atom stereocenters. The molecule has 1 heterocycles. The van der Waals surface area contributed by atoms with Crippen LogP contribution < -0.4 is 10.2 Å². The molecule has 0 amide bonds. The summed E-state index contributed by atoms with van der Waals surface area (Å²) in [5.41, 5.74) is 2.47. The molecular weight excluding hydrogens is 258 g/mol. The van der Waals surface area contributed by atoms with Crippen molar-refractivity contribution in [3.63, 3.8) is 0 Å². The Morgan fingerprint density at radius 3 is 2.62 bits per heavy atom. The molecule has 0 bridgehead atoms. The van der Waals surface area contributed by atoms with Crippen LogP contribution in [0.4, 0.5) is 5.82 Å². The normalized spacial score (nSPS) is 16.4. The first-order valence-electron chi connectivity index (χ1n) is 8.47. The molecule has 2 rings (SSSR count). The number of hydrogen-bond donors (Lipinski definition) is 1. The molecule has 0 aliphatic heterocycles. The summed E-state index contributed by atoms with van der Waals surface area (Å²) in [4.78, 5) is 7.15. The van der Waals surface area contributed by atoms with Crippen LogP contribution in [-0.2, 0) is 6.54 Å². The van der Waals surface area contributed by atoms with Crippen LogP contribution in [0.25, 0.3) is 0 Å². The lowest BCUT2D eigenvalue weighted by Crippen LogP contribution is -2.34. The molecule has 0 spiro atoms. The number of hydrogen-bond acceptors (Lipinski definition) is 3. The summed E-state index contributed by atoms with van der Waals surface area (Å²) in [5.74, 6) is 1.83. The third-order valence-electron chi connectivity index (χ3n) is 4.37. The Hall–Kier alpha value is -1.09. The van der Waals surface area contributed by atoms with Crippen LogP contribution in [-0.4, -0.2) is 24.6 Å². The predicted octanol–water partition coefficient (Wildman–Crippen LogP) is 3.90. The smallest absolute Gasteiger partial charge is 0.129 e. The minimum Gasteiger partial charge on any atom is -0.357 e. The van der Waals surface area contributed by atoms with Gasteiger partial charge in [-0.15, -0.1) is 0 Å². The molecule has 118 valence electrons. The number of anilines is 1. The molecule has 3 nitrogen and oxygen atoms in total. The molecule has 0 atom stereocenters. The Morgan fingerprint density at radius 2 is 1.95 bits per heavy atom. The molecule has 1 aromatic heterocycles. The van der Waals surface area contributed by atoms with E-state index in [1.807, 2.05) is 0 Å². The summed E-state index contributed by atoms with van der Waals surface area (Å²) in [6.07, 6.45) is 6.75. The Balaban J connectivity index is 2.03. The van der Waals surface area contributed by atoms with E-state index in [4.69, 9.17) is 4.98 Å². The van der Waals surface area contributed by atoms with E-state index in [1.54, 1.807) is 0 Å². The van der Waals surface area contributed by atoms with Gasteiger partial charge >= 0.3 is 0 Å². The van der Waals surface area contributed by atoms with Crippen LogP contribution in [0.3, 0.4) is 0 Å². The fraction of sp³-hybridized carbons (Fsp3) is 0.722. The Labute approximate surface area is 130 Å². The van der Waals surface area contributed by atoms with Gasteiger partial charge in [-0.05, 0) is 49.9 Å². The Bertz CT molecular complexity index is 436. The van der Waals surface area contributed by atoms with Crippen LogP contribution in [0.5, 0.6) is 0 Å². The van der Waals surface area contributed by atoms with Crippen molar-refractivity contribution in [3.8, 4) is 0 Å². The highest BCUT2D eigenvalue weighted by molar-refractivity contribution is 5.43. The van der Waals surface area contributed by atoms with Crippen molar-refractivity contribution < 1.29 is 0 Å². The predicted molar refractivity (Wildman–Crippen MR) is 90.8 cm³/mol. The summed E-state index contributed by atoms with van der Waals surface area (Å²) in [7, 11) is 2.21. The largest absolute Gasteiger partial charge is 0.357 e. The van der Waals surface area contributed by atoms with Crippen molar-refractivity contribution in [2.45, 2.75) is 65.5 Å². The van der Waals surface area contributed by atoms with Crippen molar-refractivity contribution in [1.82, 2.24) is 10.3 Å². The standard InChI is InChI=1S/C18H31N3/c1-14(2)12-19-13-16-10-15(3)20-18(11-16)21(4)17-8-6-5-7-9-17/h10-11,14,17,19H,5-9,12-13H2,1-4H3. The first kappa shape index (κ1) is 16.3. The van der Waals surface area contributed by atoms with E-state index in [9.17, 15) is 0 Å².